The Morgan fingerprint density at radius 1 is 0.786 bits per heavy atom. The molecule has 3 aromatic rings. The highest BCUT2D eigenvalue weighted by atomic mass is 14.4. The van der Waals surface area contributed by atoms with Crippen LogP contribution >= 0.6 is 0 Å². The number of hydrogen-bond acceptors (Lipinski definition) is 0. The van der Waals surface area contributed by atoms with Crippen molar-refractivity contribution in [3.63, 3.8) is 0 Å². The Bertz CT molecular complexity index is 1110. The van der Waals surface area contributed by atoms with Gasteiger partial charge in [-0.1, -0.05) is 98.3 Å². The fourth-order valence-corrected chi connectivity index (χ4v) is 4.82. The second-order valence-corrected chi connectivity index (χ2v) is 8.60. The molecule has 0 saturated carbocycles. The second kappa shape index (κ2) is 6.63. The largest absolute Gasteiger partial charge is 0.0842 e. The Kier molecular flexibility index (Phi) is 4.09. The summed E-state index contributed by atoms with van der Waals surface area (Å²) in [7, 11) is 0. The van der Waals surface area contributed by atoms with E-state index in [1.807, 2.05) is 0 Å². The van der Waals surface area contributed by atoms with E-state index < -0.39 is 0 Å². The molecule has 0 heteroatoms. The fraction of sp³-hybridized carbons (Fsp3) is 0.214. The van der Waals surface area contributed by atoms with E-state index in [0.29, 0.717) is 0 Å². The van der Waals surface area contributed by atoms with Gasteiger partial charge < -0.3 is 0 Å². The maximum absolute atomic E-state index is 2.39. The van der Waals surface area contributed by atoms with Crippen LogP contribution in [0.15, 0.2) is 90.5 Å². The van der Waals surface area contributed by atoms with E-state index in [4.69, 9.17) is 0 Å². The zero-order chi connectivity index (χ0) is 19.1. The van der Waals surface area contributed by atoms with Crippen LogP contribution in [0.4, 0.5) is 0 Å². The summed E-state index contributed by atoms with van der Waals surface area (Å²) < 4.78 is 0. The molecule has 0 N–H and O–H groups in total. The van der Waals surface area contributed by atoms with E-state index in [9.17, 15) is 0 Å². The molecule has 0 amide bonds. The van der Waals surface area contributed by atoms with E-state index in [-0.39, 0.29) is 5.41 Å². The minimum Gasteiger partial charge on any atom is -0.0842 e. The molecule has 0 aromatic heterocycles. The Morgan fingerprint density at radius 3 is 2.46 bits per heavy atom. The van der Waals surface area contributed by atoms with Gasteiger partial charge in [0.2, 0.25) is 0 Å². The minimum absolute atomic E-state index is 0.0767. The number of hydrogen-bond donors (Lipinski definition) is 0. The zero-order valence-corrected chi connectivity index (χ0v) is 16.7. The third-order valence-corrected chi connectivity index (χ3v) is 6.38. The van der Waals surface area contributed by atoms with Crippen LogP contribution in [0.5, 0.6) is 0 Å². The van der Waals surface area contributed by atoms with Gasteiger partial charge in [0, 0.05) is 5.41 Å². The van der Waals surface area contributed by atoms with Gasteiger partial charge in [0.15, 0.2) is 0 Å². The van der Waals surface area contributed by atoms with Crippen LogP contribution in [0.2, 0.25) is 0 Å². The number of fused-ring (bicyclic) bond motifs is 3. The van der Waals surface area contributed by atoms with Crippen molar-refractivity contribution in [2.45, 2.75) is 38.5 Å². The second-order valence-electron chi connectivity index (χ2n) is 8.60. The summed E-state index contributed by atoms with van der Waals surface area (Å²) in [5.74, 6) is 0. The smallest absolute Gasteiger partial charge is 0.0158 e. The maximum Gasteiger partial charge on any atom is 0.0158 e. The summed E-state index contributed by atoms with van der Waals surface area (Å²) in [6.45, 7) is 4.68. The van der Waals surface area contributed by atoms with Gasteiger partial charge in [0.25, 0.3) is 0 Å². The van der Waals surface area contributed by atoms with Gasteiger partial charge in [-0.2, -0.15) is 0 Å². The first-order chi connectivity index (χ1) is 13.6. The first kappa shape index (κ1) is 17.3. The SMILES string of the molecule is CC1(C)c2ccccc2-c2cc(-c3cccc(CC4=CC=CCC4)c3)ccc21. The molecule has 0 fully saturated rings. The lowest BCUT2D eigenvalue weighted by atomic mass is 9.82. The molecule has 0 unspecified atom stereocenters. The highest BCUT2D eigenvalue weighted by Crippen LogP contribution is 2.49. The predicted octanol–water partition coefficient (Wildman–Crippen LogP) is 7.48. The van der Waals surface area contributed by atoms with Crippen molar-refractivity contribution >= 4 is 0 Å². The topological polar surface area (TPSA) is 0 Å². The minimum atomic E-state index is 0.0767. The molecule has 2 aliphatic carbocycles. The van der Waals surface area contributed by atoms with Crippen LogP contribution in [0.3, 0.4) is 0 Å². The van der Waals surface area contributed by atoms with Crippen LogP contribution < -0.4 is 0 Å². The summed E-state index contributed by atoms with van der Waals surface area (Å²) in [6.07, 6.45) is 10.1. The highest BCUT2D eigenvalue weighted by Gasteiger charge is 2.34. The van der Waals surface area contributed by atoms with Gasteiger partial charge in [0.1, 0.15) is 0 Å². The Labute approximate surface area is 168 Å². The number of benzene rings is 3. The number of rotatable bonds is 3. The summed E-state index contributed by atoms with van der Waals surface area (Å²) in [4.78, 5) is 0. The summed E-state index contributed by atoms with van der Waals surface area (Å²) in [6, 6.07) is 25.0. The molecule has 0 radical (unpaired) electrons. The van der Waals surface area contributed by atoms with Gasteiger partial charge in [-0.15, -0.1) is 0 Å². The normalized spacial score (nSPS) is 16.4. The van der Waals surface area contributed by atoms with Crippen molar-refractivity contribution in [3.8, 4) is 22.3 Å². The molecule has 3 aromatic carbocycles. The van der Waals surface area contributed by atoms with Gasteiger partial charge >= 0.3 is 0 Å². The van der Waals surface area contributed by atoms with Crippen molar-refractivity contribution in [2.24, 2.45) is 0 Å². The van der Waals surface area contributed by atoms with E-state index in [1.165, 1.54) is 57.4 Å². The average molecular weight is 363 g/mol. The first-order valence-corrected chi connectivity index (χ1v) is 10.3. The predicted molar refractivity (Wildman–Crippen MR) is 120 cm³/mol. The number of allylic oxidation sites excluding steroid dienone is 4. The molecule has 0 atom stereocenters. The standard InChI is InChI=1S/C28H26/c1-28(2)26-14-7-6-13-24(26)25-19-23(15-16-27(25)28)22-12-8-11-21(18-22)17-20-9-4-3-5-10-20/h3-4,6-9,11-16,18-19H,5,10,17H2,1-2H3. The monoisotopic (exact) mass is 362 g/mol. The molecule has 28 heavy (non-hydrogen) atoms. The van der Waals surface area contributed by atoms with Crippen LogP contribution in [0.25, 0.3) is 22.3 Å². The fourth-order valence-electron chi connectivity index (χ4n) is 4.82. The molecule has 138 valence electrons. The molecule has 0 bridgehead atoms. The van der Waals surface area contributed by atoms with E-state index in [0.717, 1.165) is 6.42 Å². The third-order valence-electron chi connectivity index (χ3n) is 6.38. The molecular formula is C28H26. The molecule has 0 saturated heterocycles. The van der Waals surface area contributed by atoms with Crippen molar-refractivity contribution < 1.29 is 0 Å². The van der Waals surface area contributed by atoms with Crippen LogP contribution in [-0.2, 0) is 11.8 Å². The van der Waals surface area contributed by atoms with Gasteiger partial charge in [0.05, 0.1) is 0 Å². The van der Waals surface area contributed by atoms with Gasteiger partial charge in [-0.05, 0) is 64.3 Å². The molecule has 0 nitrogen and oxygen atoms in total. The highest BCUT2D eigenvalue weighted by molar-refractivity contribution is 5.84. The van der Waals surface area contributed by atoms with Crippen molar-refractivity contribution in [1.82, 2.24) is 0 Å². The summed E-state index contributed by atoms with van der Waals surface area (Å²) >= 11 is 0. The van der Waals surface area contributed by atoms with Crippen molar-refractivity contribution in [1.29, 1.82) is 0 Å². The maximum atomic E-state index is 2.39. The average Bonchev–Trinajstić information content (AvgIpc) is 2.96. The molecule has 5 rings (SSSR count). The third kappa shape index (κ3) is 2.85. The van der Waals surface area contributed by atoms with Crippen LogP contribution in [0.1, 0.15) is 43.4 Å². The van der Waals surface area contributed by atoms with Gasteiger partial charge in [-0.25, -0.2) is 0 Å². The molecule has 2 aliphatic rings. The Morgan fingerprint density at radius 2 is 1.61 bits per heavy atom. The van der Waals surface area contributed by atoms with Gasteiger partial charge in [-0.3, -0.25) is 0 Å². The lowest BCUT2D eigenvalue weighted by Gasteiger charge is -2.21. The van der Waals surface area contributed by atoms with Crippen LogP contribution in [0, 0.1) is 0 Å². The molecule has 0 spiro atoms. The molecular weight excluding hydrogens is 336 g/mol. The molecule has 0 heterocycles. The van der Waals surface area contributed by atoms with E-state index in [1.54, 1.807) is 0 Å². The Hall–Kier alpha value is -2.86. The van der Waals surface area contributed by atoms with E-state index >= 15 is 0 Å². The first-order valence-electron chi connectivity index (χ1n) is 10.3. The summed E-state index contributed by atoms with van der Waals surface area (Å²) in [5.41, 5.74) is 11.3. The van der Waals surface area contributed by atoms with Crippen molar-refractivity contribution in [2.75, 3.05) is 0 Å². The molecule has 0 aliphatic heterocycles. The Balaban J connectivity index is 1.53. The van der Waals surface area contributed by atoms with Crippen molar-refractivity contribution in [3.05, 3.63) is 107 Å². The zero-order valence-electron chi connectivity index (χ0n) is 16.7. The lowest BCUT2D eigenvalue weighted by molar-refractivity contribution is 0.660. The van der Waals surface area contributed by atoms with Crippen LogP contribution in [-0.4, -0.2) is 0 Å². The lowest BCUT2D eigenvalue weighted by Crippen LogP contribution is -2.14. The van der Waals surface area contributed by atoms with E-state index in [2.05, 4.69) is 98.8 Å². The quantitative estimate of drug-likeness (QED) is 0.453. The summed E-state index contributed by atoms with van der Waals surface area (Å²) in [5, 5.41) is 0.